The van der Waals surface area contributed by atoms with Crippen LogP contribution in [0.25, 0.3) is 220 Å². The predicted octanol–water partition coefficient (Wildman–Crippen LogP) is 31.0. The van der Waals surface area contributed by atoms with Gasteiger partial charge in [-0.05, 0) is 267 Å². The van der Waals surface area contributed by atoms with Crippen molar-refractivity contribution in [2.45, 2.75) is 0 Å². The molecule has 0 bridgehead atoms. The van der Waals surface area contributed by atoms with Crippen molar-refractivity contribution in [1.29, 1.82) is 0 Å². The number of hydrogen-bond donors (Lipinski definition) is 0. The molecule has 0 aliphatic carbocycles. The average molecular weight is 1740 g/mol. The van der Waals surface area contributed by atoms with Crippen LogP contribution < -0.4 is 9.80 Å². The van der Waals surface area contributed by atoms with Gasteiger partial charge in [0.25, 0.3) is 0 Å². The minimum absolute atomic E-state index is 0.408. The van der Waals surface area contributed by atoms with Crippen molar-refractivity contribution in [3.63, 3.8) is 0 Å². The Hall–Kier alpha value is -18.7. The third kappa shape index (κ3) is 11.2. The van der Waals surface area contributed by atoms with Gasteiger partial charge in [0.1, 0.15) is 0 Å². The van der Waals surface area contributed by atoms with E-state index in [0.717, 1.165) is 254 Å². The zero-order valence-corrected chi connectivity index (χ0v) is 72.8. The minimum Gasteiger partial charge on any atom is -0.310 e. The lowest BCUT2D eigenvalue weighted by Gasteiger charge is -2.29. The molecule has 0 amide bonds. The van der Waals surface area contributed by atoms with Gasteiger partial charge in [-0.15, -0.1) is 0 Å². The van der Waals surface area contributed by atoms with Crippen LogP contribution >= 0.6 is 0 Å². The van der Waals surface area contributed by atoms with Gasteiger partial charge in [-0.2, -0.15) is 0 Å². The van der Waals surface area contributed by atoms with Crippen LogP contribution in [0.5, 0.6) is 0 Å². The second kappa shape index (κ2) is 29.4. The van der Waals surface area contributed by atoms with Crippen molar-refractivity contribution in [1.82, 2.24) is 56.5 Å². The van der Waals surface area contributed by atoms with Gasteiger partial charge in [-0.1, -0.05) is 146 Å². The van der Waals surface area contributed by atoms with Gasteiger partial charge in [0, 0.05) is 168 Å². The first-order valence-corrected chi connectivity index (χ1v) is 45.8. The fraction of sp³-hybridized carbons (Fsp3) is 0. The fourth-order valence-electron chi connectivity index (χ4n) is 22.0. The Labute approximate surface area is 782 Å². The molecule has 0 aliphatic heterocycles. The maximum Gasteiger partial charge on any atom is 0.0668 e. The maximum atomic E-state index is 10.6. The van der Waals surface area contributed by atoms with Crippen LogP contribution in [-0.4, -0.2) is 56.5 Å². The van der Waals surface area contributed by atoms with Crippen molar-refractivity contribution in [3.8, 4) is 45.5 Å². The second-order valence-electron chi connectivity index (χ2n) is 35.1. The number of rotatable bonds is 14. The molecule has 12 heterocycles. The highest BCUT2D eigenvalue weighted by Crippen LogP contribution is 2.49. The minimum atomic E-state index is 0.408. The van der Waals surface area contributed by atoms with Gasteiger partial charge >= 0.3 is 0 Å². The molecule has 0 saturated carbocycles. The van der Waals surface area contributed by atoms with Crippen LogP contribution in [-0.2, 0) is 0 Å². The maximum absolute atomic E-state index is 10.6. The Morgan fingerprint density at radius 1 is 0.147 bits per heavy atom. The summed E-state index contributed by atoms with van der Waals surface area (Å²) in [5.74, 6) is 0. The molecule has 0 N–H and O–H groups in total. The third-order valence-corrected chi connectivity index (χ3v) is 27.9. The molecule has 14 heteroatoms. The number of hydrogen-bond acceptors (Lipinski definition) is 6. The first-order chi connectivity index (χ1) is 69.2. The van der Waals surface area contributed by atoms with E-state index in [1.54, 1.807) is 24.8 Å². The predicted molar refractivity (Wildman–Crippen MR) is 562 cm³/mol. The number of pyridine rings is 4. The topological polar surface area (TPSA) is 97.5 Å². The zero-order valence-electron chi connectivity index (χ0n) is 76.8. The van der Waals surface area contributed by atoms with Crippen LogP contribution in [0.2, 0.25) is 0 Å². The molecule has 0 unspecified atom stereocenters. The van der Waals surface area contributed by atoms with E-state index in [0.29, 0.717) is 24.2 Å². The number of aromatic nitrogens is 12. The largest absolute Gasteiger partial charge is 0.310 e. The van der Waals surface area contributed by atoms with E-state index in [1.165, 1.54) is 0 Å². The van der Waals surface area contributed by atoms with E-state index in [2.05, 4.69) is 430 Å². The number of nitrogens with zero attached hydrogens (tertiary/aromatic N) is 14. The van der Waals surface area contributed by atoms with Gasteiger partial charge in [0.15, 0.2) is 0 Å². The summed E-state index contributed by atoms with van der Waals surface area (Å²) >= 11 is 0. The van der Waals surface area contributed by atoms with Crippen molar-refractivity contribution in [2.24, 2.45) is 0 Å². The zero-order chi connectivity index (χ0) is 92.4. The molecule has 0 atom stereocenters. The van der Waals surface area contributed by atoms with Gasteiger partial charge < -0.3 is 46.3 Å². The molecule has 29 rings (SSSR count). The summed E-state index contributed by atoms with van der Waals surface area (Å²) in [7, 11) is 0. The van der Waals surface area contributed by atoms with Gasteiger partial charge in [0.05, 0.1) is 141 Å². The number of fused-ring (bicyclic) bond motifs is 24. The lowest BCUT2D eigenvalue weighted by molar-refractivity contribution is 1.14. The Morgan fingerprint density at radius 2 is 0.301 bits per heavy atom. The normalized spacial score (nSPS) is 12.5. The molecule has 0 radical (unpaired) electrons. The molecule has 0 fully saturated rings. The summed E-state index contributed by atoms with van der Waals surface area (Å²) in [6.07, 6.45) is 14.7. The molecule has 634 valence electrons. The van der Waals surface area contributed by atoms with E-state index >= 15 is 0 Å². The van der Waals surface area contributed by atoms with E-state index in [1.807, 2.05) is 49.1 Å². The lowest BCUT2D eigenvalue weighted by Crippen LogP contribution is -2.12. The van der Waals surface area contributed by atoms with Crippen molar-refractivity contribution >= 4 is 209 Å². The highest BCUT2D eigenvalue weighted by atomic mass is 15.2. The first kappa shape index (κ1) is 71.2. The highest BCUT2D eigenvalue weighted by Gasteiger charge is 2.28. The Morgan fingerprint density at radius 3 is 0.463 bits per heavy atom. The van der Waals surface area contributed by atoms with E-state index < -0.39 is 0 Å². The number of para-hydroxylation sites is 8. The first-order valence-electron chi connectivity index (χ1n) is 47.8. The van der Waals surface area contributed by atoms with Crippen molar-refractivity contribution < 1.29 is 5.48 Å². The van der Waals surface area contributed by atoms with Crippen LogP contribution in [0.3, 0.4) is 0 Å². The van der Waals surface area contributed by atoms with Gasteiger partial charge in [-0.3, -0.25) is 19.9 Å². The summed E-state index contributed by atoms with van der Waals surface area (Å²) in [6.45, 7) is 0. The van der Waals surface area contributed by atoms with Crippen LogP contribution in [0.4, 0.5) is 34.1 Å². The van der Waals surface area contributed by atoms with E-state index in [9.17, 15) is 5.48 Å². The van der Waals surface area contributed by atoms with Gasteiger partial charge in [-0.25, -0.2) is 0 Å². The summed E-state index contributed by atoms with van der Waals surface area (Å²) in [6, 6.07) is 138. The lowest BCUT2D eigenvalue weighted by atomic mass is 10.1. The smallest absolute Gasteiger partial charge is 0.0668 e. The molecule has 12 aromatic heterocycles. The Kier molecular flexibility index (Phi) is 15.4. The molecule has 0 spiro atoms. The fourth-order valence-corrected chi connectivity index (χ4v) is 22.0. The second-order valence-corrected chi connectivity index (χ2v) is 35.1. The summed E-state index contributed by atoms with van der Waals surface area (Å²) in [4.78, 5) is 23.0. The number of anilines is 6. The summed E-state index contributed by atoms with van der Waals surface area (Å²) < 4.78 is 60.1. The number of benzene rings is 17. The van der Waals surface area contributed by atoms with Crippen molar-refractivity contribution in [3.05, 3.63) is 462 Å². The molecular formula is C122H76N14. The molecule has 17 aromatic carbocycles. The molecule has 0 saturated heterocycles. The SMILES string of the molecule is [2H]c1c2c(cc3c4ccccc4n(-c4cccnc4)c13)c1ccccc1n2-c1ccc(N(c2ccc(N(c3ccc(-n4c5ccccc5c5cc6c7ccccc7n(-c7cccnc7)c6c([2H])c54)cc3)c3ccc(-n4c5ccccc5c5cc6c7ccccc7n(-c7cccnc7)c6c([2H])c54)cc3)cc2)c2ccc(-n3c4ccccc4c4cc5c6ccccc6n(-c6cccnc6)c5c([2H])c43)cc2)cc1. The standard InChI is InChI=1S/C122H76N14/c1-9-33-107-91(25-1)99-65-103-95-29-5-13-37-111(95)133(87-21-17-61-123-73-87)119(103)69-115(99)129(107)83-53-45-79(46-54-83)127(80-47-55-84(56-48-80)130-108-34-10-2-26-92(108)100-66-104-96-30-6-14-38-112(96)134(120(104)70-116(100)130)88-22-18-62-124-74-88)77-41-43-78(44-42-77)128(81-49-57-85(58-50-81)131-109-35-11-3-27-93(109)101-67-105-97-31-7-15-39-113(97)135(121(105)71-117(101)131)89-23-19-63-125-75-89)82-51-59-86(60-52-82)132-110-36-12-4-28-94(110)102-68-106-98-32-8-16-40-114(98)136(122(106)72-118(102)132)90-24-20-64-126-76-90/h1-76H/i69D,70D,71D,72D. The Balaban J connectivity index is 0.615. The third-order valence-electron chi connectivity index (χ3n) is 27.9. The monoisotopic (exact) mass is 1740 g/mol. The molecule has 14 nitrogen and oxygen atoms in total. The van der Waals surface area contributed by atoms with E-state index in [-0.39, 0.29) is 0 Å². The molecule has 136 heavy (non-hydrogen) atoms. The molecule has 0 aliphatic rings. The van der Waals surface area contributed by atoms with Crippen LogP contribution in [0.15, 0.2) is 462 Å². The summed E-state index contributed by atoms with van der Waals surface area (Å²) in [5.41, 5.74) is 26.8. The van der Waals surface area contributed by atoms with E-state index in [4.69, 9.17) is 0 Å². The van der Waals surface area contributed by atoms with Gasteiger partial charge in [0.2, 0.25) is 0 Å². The van der Waals surface area contributed by atoms with Crippen LogP contribution in [0, 0.1) is 0 Å². The van der Waals surface area contributed by atoms with Crippen LogP contribution in [0.1, 0.15) is 5.48 Å². The quantitative estimate of drug-likeness (QED) is 0.108. The summed E-state index contributed by atoms with van der Waals surface area (Å²) in [5, 5.41) is 16.4. The molecular weight excluding hydrogens is 1660 g/mol. The Bertz CT molecular complexity index is 9080. The average Bonchev–Trinajstić information content (AvgIpc) is 1.56. The van der Waals surface area contributed by atoms with Crippen molar-refractivity contribution in [2.75, 3.05) is 9.80 Å². The highest BCUT2D eigenvalue weighted by molar-refractivity contribution is 6.24. The molecule has 29 aromatic rings.